The molecule has 0 saturated heterocycles. The van der Waals surface area contributed by atoms with Crippen molar-refractivity contribution in [3.05, 3.63) is 162 Å². The molecule has 0 unspecified atom stereocenters. The molecule has 0 bridgehead atoms. The van der Waals surface area contributed by atoms with Crippen molar-refractivity contribution in [2.24, 2.45) is 0 Å². The molecule has 2 aliphatic heterocycles. The van der Waals surface area contributed by atoms with E-state index >= 15 is 0 Å². The summed E-state index contributed by atoms with van der Waals surface area (Å²) in [7, 11) is 0. The average Bonchev–Trinajstić information content (AvgIpc) is 3.39. The lowest BCUT2D eigenvalue weighted by Crippen LogP contribution is -2.61. The maximum atomic E-state index is 2.64. The summed E-state index contributed by atoms with van der Waals surface area (Å²) >= 11 is 0. The molecule has 240 valence electrons. The lowest BCUT2D eigenvalue weighted by molar-refractivity contribution is 0.660. The van der Waals surface area contributed by atoms with E-state index in [0.29, 0.717) is 0 Å². The van der Waals surface area contributed by atoms with Gasteiger partial charge in [0.05, 0.1) is 5.69 Å². The molecular weight excluding hydrogens is 603 g/mol. The molecule has 7 aromatic rings. The van der Waals surface area contributed by atoms with Gasteiger partial charge in [0.25, 0.3) is 0 Å². The van der Waals surface area contributed by atoms with Crippen LogP contribution in [-0.2, 0) is 11.8 Å². The van der Waals surface area contributed by atoms with E-state index < -0.39 is 0 Å². The maximum Gasteiger partial charge on any atom is 0.333 e. The third-order valence-electron chi connectivity index (χ3n) is 11.6. The molecule has 0 spiro atoms. The van der Waals surface area contributed by atoms with E-state index in [2.05, 4.69) is 176 Å². The quantitative estimate of drug-likeness (QED) is 0.172. The fraction of sp³-hybridized carbons (Fsp3) is 0.149. The van der Waals surface area contributed by atoms with Crippen LogP contribution in [0.25, 0.3) is 33.0 Å². The topological polar surface area (TPSA) is 6.48 Å². The van der Waals surface area contributed by atoms with E-state index in [1.807, 2.05) is 0 Å². The van der Waals surface area contributed by atoms with Crippen molar-refractivity contribution in [3.8, 4) is 22.3 Å². The first kappa shape index (κ1) is 29.4. The number of fused-ring (bicyclic) bond motifs is 9. The standard InChI is InChI=1S/C47H39BN2/c1-4-5-15-31-24-26-33(27-25-31)49-43-23-14-13-22-42(43)48-45-39(28-32-16-9-10-19-35(32)46(45)49)38-29-37-36-20-11-12-21-40(36)47(2,3)41(37)30-44(38)50(48)34-17-7-6-8-18-34/h6-14,16-30H,4-5,15H2,1-3H3. The van der Waals surface area contributed by atoms with Gasteiger partial charge in [-0.1, -0.05) is 124 Å². The number of aryl methyl sites for hydroxylation is 1. The van der Waals surface area contributed by atoms with Crippen molar-refractivity contribution in [1.82, 2.24) is 0 Å². The van der Waals surface area contributed by atoms with Gasteiger partial charge in [-0.25, -0.2) is 0 Å². The first-order chi connectivity index (χ1) is 24.5. The number of hydrogen-bond acceptors (Lipinski definition) is 2. The van der Waals surface area contributed by atoms with Gasteiger partial charge < -0.3 is 9.71 Å². The van der Waals surface area contributed by atoms with E-state index in [4.69, 9.17) is 0 Å². The highest BCUT2D eigenvalue weighted by atomic mass is 15.2. The number of rotatable bonds is 5. The Bertz CT molecular complexity index is 2460. The Hall–Kier alpha value is -5.54. The number of benzene rings is 7. The van der Waals surface area contributed by atoms with Crippen LogP contribution in [0, 0.1) is 0 Å². The molecule has 2 nitrogen and oxygen atoms in total. The van der Waals surface area contributed by atoms with Gasteiger partial charge >= 0.3 is 6.85 Å². The Morgan fingerprint density at radius 2 is 1.32 bits per heavy atom. The predicted octanol–water partition coefficient (Wildman–Crippen LogP) is 11.2. The van der Waals surface area contributed by atoms with E-state index in [-0.39, 0.29) is 12.3 Å². The van der Waals surface area contributed by atoms with Crippen molar-refractivity contribution >= 4 is 57.0 Å². The highest BCUT2D eigenvalue weighted by Crippen LogP contribution is 2.55. The molecular formula is C47H39BN2. The SMILES string of the molecule is CCCCc1ccc(N2c3ccccc3B3c4c(cc5ccccc5c42)-c2cc4c(cc2N3c2ccccc2)C(C)(C)c2ccccc2-4)cc1. The fourth-order valence-electron chi connectivity index (χ4n) is 9.18. The van der Waals surface area contributed by atoms with Crippen LogP contribution < -0.4 is 20.6 Å². The van der Waals surface area contributed by atoms with Gasteiger partial charge in [-0.3, -0.25) is 0 Å². The highest BCUT2D eigenvalue weighted by molar-refractivity contribution is 6.94. The van der Waals surface area contributed by atoms with Gasteiger partial charge in [0.1, 0.15) is 0 Å². The number of anilines is 5. The lowest BCUT2D eigenvalue weighted by Gasteiger charge is -2.46. The second kappa shape index (κ2) is 11.0. The molecule has 0 atom stereocenters. The number of hydrogen-bond donors (Lipinski definition) is 0. The Kier molecular flexibility index (Phi) is 6.46. The molecule has 1 aliphatic carbocycles. The molecule has 0 fully saturated rings. The third-order valence-corrected chi connectivity index (χ3v) is 11.6. The summed E-state index contributed by atoms with van der Waals surface area (Å²) in [6.07, 6.45) is 3.53. The molecule has 0 aromatic heterocycles. The zero-order valence-electron chi connectivity index (χ0n) is 28.9. The summed E-state index contributed by atoms with van der Waals surface area (Å²) in [5, 5.41) is 2.55. The molecule has 2 heterocycles. The van der Waals surface area contributed by atoms with Gasteiger partial charge in [0.15, 0.2) is 0 Å². The van der Waals surface area contributed by atoms with Gasteiger partial charge in [0, 0.05) is 39.1 Å². The number of nitrogens with zero attached hydrogens (tertiary/aromatic N) is 2. The van der Waals surface area contributed by atoms with Gasteiger partial charge in [-0.2, -0.15) is 0 Å². The average molecular weight is 643 g/mol. The van der Waals surface area contributed by atoms with Crippen LogP contribution in [0.5, 0.6) is 0 Å². The Morgan fingerprint density at radius 3 is 2.16 bits per heavy atom. The first-order valence-electron chi connectivity index (χ1n) is 18.2. The zero-order valence-corrected chi connectivity index (χ0v) is 28.9. The number of para-hydroxylation sites is 2. The van der Waals surface area contributed by atoms with Gasteiger partial charge in [-0.05, 0) is 111 Å². The largest absolute Gasteiger partial charge is 0.376 e. The summed E-state index contributed by atoms with van der Waals surface area (Å²) in [6.45, 7) is 7.05. The predicted molar refractivity (Wildman–Crippen MR) is 214 cm³/mol. The van der Waals surface area contributed by atoms with Crippen molar-refractivity contribution in [3.63, 3.8) is 0 Å². The molecule has 0 N–H and O–H groups in total. The molecule has 0 radical (unpaired) electrons. The second-order valence-electron chi connectivity index (χ2n) is 14.8. The van der Waals surface area contributed by atoms with Gasteiger partial charge in [-0.15, -0.1) is 0 Å². The van der Waals surface area contributed by atoms with Crippen LogP contribution in [-0.4, -0.2) is 6.85 Å². The Balaban J connectivity index is 1.32. The molecule has 0 saturated carbocycles. The fourth-order valence-corrected chi connectivity index (χ4v) is 9.18. The van der Waals surface area contributed by atoms with Gasteiger partial charge in [0.2, 0.25) is 0 Å². The summed E-state index contributed by atoms with van der Waals surface area (Å²) in [6, 6.07) is 55.1. The molecule has 7 aromatic carbocycles. The molecule has 10 rings (SSSR count). The van der Waals surface area contributed by atoms with E-state index in [9.17, 15) is 0 Å². The summed E-state index contributed by atoms with van der Waals surface area (Å²) in [5.41, 5.74) is 18.4. The second-order valence-corrected chi connectivity index (χ2v) is 14.8. The summed E-state index contributed by atoms with van der Waals surface area (Å²) in [5.74, 6) is 0. The van der Waals surface area contributed by atoms with Crippen molar-refractivity contribution in [1.29, 1.82) is 0 Å². The first-order valence-corrected chi connectivity index (χ1v) is 18.2. The van der Waals surface area contributed by atoms with Crippen LogP contribution in [0.3, 0.4) is 0 Å². The van der Waals surface area contributed by atoms with Crippen molar-refractivity contribution in [2.45, 2.75) is 45.4 Å². The number of unbranched alkanes of at least 4 members (excludes halogenated alkanes) is 1. The third kappa shape index (κ3) is 4.10. The molecule has 50 heavy (non-hydrogen) atoms. The smallest absolute Gasteiger partial charge is 0.333 e. The van der Waals surface area contributed by atoms with Crippen molar-refractivity contribution in [2.75, 3.05) is 9.71 Å². The van der Waals surface area contributed by atoms with Crippen LogP contribution in [0.2, 0.25) is 0 Å². The minimum atomic E-state index is -0.0945. The summed E-state index contributed by atoms with van der Waals surface area (Å²) < 4.78 is 0. The van der Waals surface area contributed by atoms with Crippen LogP contribution in [0.4, 0.5) is 28.4 Å². The molecule has 3 heteroatoms. The Morgan fingerprint density at radius 1 is 0.580 bits per heavy atom. The lowest BCUT2D eigenvalue weighted by atomic mass is 9.43. The van der Waals surface area contributed by atoms with E-state index in [1.165, 1.54) is 102 Å². The maximum absolute atomic E-state index is 2.64. The normalized spacial score (nSPS) is 14.6. The molecule has 0 amide bonds. The minimum absolute atomic E-state index is 0.000670. The van der Waals surface area contributed by atoms with Crippen molar-refractivity contribution < 1.29 is 0 Å². The monoisotopic (exact) mass is 642 g/mol. The summed E-state index contributed by atoms with van der Waals surface area (Å²) in [4.78, 5) is 5.19. The van der Waals surface area contributed by atoms with E-state index in [1.54, 1.807) is 0 Å². The van der Waals surface area contributed by atoms with Crippen LogP contribution in [0.15, 0.2) is 146 Å². The molecule has 3 aliphatic rings. The van der Waals surface area contributed by atoms with Crippen LogP contribution in [0.1, 0.15) is 50.3 Å². The minimum Gasteiger partial charge on any atom is -0.376 e. The Labute approximate surface area is 295 Å². The zero-order chi connectivity index (χ0) is 33.6. The van der Waals surface area contributed by atoms with Crippen LogP contribution >= 0.6 is 0 Å². The highest BCUT2D eigenvalue weighted by Gasteiger charge is 2.47. The van der Waals surface area contributed by atoms with E-state index in [0.717, 1.165) is 6.42 Å².